The molecule has 1 aromatic rings. The number of unbranched alkanes of at least 4 members (excludes halogenated alkanes) is 17. The molecular formula is C32H60Si. The molecule has 0 heterocycles. The van der Waals surface area contributed by atoms with E-state index < -0.39 is 8.07 Å². The van der Waals surface area contributed by atoms with Crippen LogP contribution in [0.4, 0.5) is 0 Å². The molecule has 0 saturated carbocycles. The average Bonchev–Trinajstić information content (AvgIpc) is 2.85. The lowest BCUT2D eigenvalue weighted by Gasteiger charge is -2.33. The molecular weight excluding hydrogens is 412 g/mol. The van der Waals surface area contributed by atoms with Crippen LogP contribution in [0.15, 0.2) is 30.3 Å². The minimum absolute atomic E-state index is 1.36. The van der Waals surface area contributed by atoms with Crippen molar-refractivity contribution in [3.05, 3.63) is 30.3 Å². The van der Waals surface area contributed by atoms with Crippen LogP contribution >= 0.6 is 0 Å². The Morgan fingerprint density at radius 3 is 1.03 bits per heavy atom. The second-order valence-electron chi connectivity index (χ2n) is 10.9. The van der Waals surface area contributed by atoms with E-state index in [0.29, 0.717) is 0 Å². The maximum absolute atomic E-state index is 2.52. The molecule has 0 N–H and O–H groups in total. The molecule has 0 radical (unpaired) electrons. The molecule has 0 aliphatic heterocycles. The van der Waals surface area contributed by atoms with Crippen molar-refractivity contribution in [3.8, 4) is 0 Å². The predicted octanol–water partition coefficient (Wildman–Crippen LogP) is 11.2. The zero-order valence-corrected chi connectivity index (χ0v) is 24.2. The topological polar surface area (TPSA) is 0 Å². The molecule has 0 nitrogen and oxygen atoms in total. The van der Waals surface area contributed by atoms with Gasteiger partial charge in [-0.25, -0.2) is 0 Å². The quantitative estimate of drug-likeness (QED) is 0.104. The van der Waals surface area contributed by atoms with Crippen LogP contribution in [0.2, 0.25) is 18.1 Å². The Morgan fingerprint density at radius 2 is 0.697 bits per heavy atom. The van der Waals surface area contributed by atoms with Gasteiger partial charge in [0.2, 0.25) is 0 Å². The summed E-state index contributed by atoms with van der Waals surface area (Å²) in [5.41, 5.74) is 0. The third kappa shape index (κ3) is 15.1. The zero-order chi connectivity index (χ0) is 23.9. The largest absolute Gasteiger partial charge is 0.0867 e. The second-order valence-corrected chi connectivity index (χ2v) is 15.5. The fourth-order valence-electron chi connectivity index (χ4n) is 5.68. The molecule has 1 rings (SSSR count). The molecule has 0 fully saturated rings. The maximum atomic E-state index is 2.52. The number of benzene rings is 1. The van der Waals surface area contributed by atoms with Gasteiger partial charge in [0.05, 0.1) is 8.07 Å². The maximum Gasteiger partial charge on any atom is 0.0867 e. The van der Waals surface area contributed by atoms with Crippen molar-refractivity contribution in [2.75, 3.05) is 0 Å². The lowest BCUT2D eigenvalue weighted by Crippen LogP contribution is -2.47. The summed E-state index contributed by atoms with van der Waals surface area (Å²) in [6, 6.07) is 16.6. The van der Waals surface area contributed by atoms with Gasteiger partial charge >= 0.3 is 0 Å². The Morgan fingerprint density at radius 1 is 0.394 bits per heavy atom. The highest BCUT2D eigenvalue weighted by Gasteiger charge is 2.33. The monoisotopic (exact) mass is 472 g/mol. The van der Waals surface area contributed by atoms with E-state index in [1.54, 1.807) is 23.3 Å². The molecule has 33 heavy (non-hydrogen) atoms. The van der Waals surface area contributed by atoms with Gasteiger partial charge in [-0.15, -0.1) is 0 Å². The van der Waals surface area contributed by atoms with Crippen molar-refractivity contribution in [2.45, 2.75) is 167 Å². The second kappa shape index (κ2) is 21.9. The van der Waals surface area contributed by atoms with Crippen molar-refractivity contribution in [3.63, 3.8) is 0 Å². The highest BCUT2D eigenvalue weighted by Crippen LogP contribution is 2.30. The summed E-state index contributed by atoms with van der Waals surface area (Å²) in [6.45, 7) is 6.98. The van der Waals surface area contributed by atoms with Crippen molar-refractivity contribution in [1.82, 2.24) is 0 Å². The molecule has 0 saturated heterocycles. The lowest BCUT2D eigenvalue weighted by molar-refractivity contribution is 0.582. The first-order chi connectivity index (χ1) is 16.3. The summed E-state index contributed by atoms with van der Waals surface area (Å²) in [7, 11) is -1.39. The van der Waals surface area contributed by atoms with Gasteiger partial charge in [-0.2, -0.15) is 0 Å². The van der Waals surface area contributed by atoms with Gasteiger partial charge < -0.3 is 0 Å². The Kier molecular flexibility index (Phi) is 20.3. The number of rotatable bonds is 24. The van der Waals surface area contributed by atoms with Crippen LogP contribution < -0.4 is 5.19 Å². The summed E-state index contributed by atoms with van der Waals surface area (Å²) in [4.78, 5) is 0. The van der Waals surface area contributed by atoms with Gasteiger partial charge in [-0.05, 0) is 0 Å². The van der Waals surface area contributed by atoms with E-state index in [1.165, 1.54) is 128 Å². The minimum atomic E-state index is -1.39. The van der Waals surface area contributed by atoms with Gasteiger partial charge in [-0.1, -0.05) is 203 Å². The normalized spacial score (nSPS) is 11.8. The van der Waals surface area contributed by atoms with Crippen LogP contribution in [0.25, 0.3) is 0 Å². The molecule has 0 aliphatic rings. The number of hydrogen-bond donors (Lipinski definition) is 0. The first-order valence-electron chi connectivity index (χ1n) is 15.3. The fourth-order valence-corrected chi connectivity index (χ4v) is 11.0. The smallest absolute Gasteiger partial charge is 0.0654 e. The van der Waals surface area contributed by atoms with E-state index in [0.717, 1.165) is 0 Å². The zero-order valence-electron chi connectivity index (χ0n) is 23.2. The third-order valence-corrected chi connectivity index (χ3v) is 13.4. The predicted molar refractivity (Wildman–Crippen MR) is 156 cm³/mol. The molecule has 0 aromatic heterocycles. The van der Waals surface area contributed by atoms with E-state index in [4.69, 9.17) is 0 Å². The highest BCUT2D eigenvalue weighted by atomic mass is 28.3. The standard InChI is InChI=1S/C32H60Si/c1-4-7-10-13-16-17-20-26-31-33(32-27-22-21-23-28-32,29-24-18-14-11-8-5-2)30-25-19-15-12-9-6-3/h21-23,27-28H,4-20,24-26,29-31H2,1-3H3. The molecule has 0 amide bonds. The average molecular weight is 473 g/mol. The third-order valence-electron chi connectivity index (χ3n) is 7.91. The molecule has 0 unspecified atom stereocenters. The Bertz CT molecular complexity index is 492. The lowest BCUT2D eigenvalue weighted by atomic mass is 10.1. The van der Waals surface area contributed by atoms with Crippen LogP contribution in [-0.4, -0.2) is 8.07 Å². The van der Waals surface area contributed by atoms with Gasteiger partial charge in [0.1, 0.15) is 0 Å². The summed E-state index contributed by atoms with van der Waals surface area (Å²) in [5.74, 6) is 0. The summed E-state index contributed by atoms with van der Waals surface area (Å²) < 4.78 is 0. The molecule has 192 valence electrons. The van der Waals surface area contributed by atoms with Gasteiger partial charge in [-0.3, -0.25) is 0 Å². The van der Waals surface area contributed by atoms with Crippen molar-refractivity contribution < 1.29 is 0 Å². The van der Waals surface area contributed by atoms with E-state index in [1.807, 2.05) is 0 Å². The van der Waals surface area contributed by atoms with Crippen LogP contribution in [0.1, 0.15) is 149 Å². The van der Waals surface area contributed by atoms with E-state index in [-0.39, 0.29) is 0 Å². The van der Waals surface area contributed by atoms with E-state index >= 15 is 0 Å². The van der Waals surface area contributed by atoms with Crippen LogP contribution in [-0.2, 0) is 0 Å². The van der Waals surface area contributed by atoms with E-state index in [9.17, 15) is 0 Å². The molecule has 0 bridgehead atoms. The number of hydrogen-bond acceptors (Lipinski definition) is 0. The summed E-state index contributed by atoms with van der Waals surface area (Å²) >= 11 is 0. The summed E-state index contributed by atoms with van der Waals surface area (Å²) in [5, 5.41) is 1.79. The van der Waals surface area contributed by atoms with Crippen molar-refractivity contribution in [2.24, 2.45) is 0 Å². The Balaban J connectivity index is 2.66. The highest BCUT2D eigenvalue weighted by molar-refractivity contribution is 6.91. The van der Waals surface area contributed by atoms with Crippen LogP contribution in [0, 0.1) is 0 Å². The van der Waals surface area contributed by atoms with Gasteiger partial charge in [0, 0.05) is 0 Å². The SMILES string of the molecule is CCCCCCCCCC[Si](CCCCCCCC)(CCCCCCCC)c1ccccc1. The Labute approximate surface area is 210 Å². The molecule has 1 heteroatoms. The van der Waals surface area contributed by atoms with Gasteiger partial charge in [0.15, 0.2) is 0 Å². The van der Waals surface area contributed by atoms with Gasteiger partial charge in [0.25, 0.3) is 0 Å². The van der Waals surface area contributed by atoms with Crippen LogP contribution in [0.3, 0.4) is 0 Å². The Hall–Kier alpha value is -0.563. The molecule has 0 spiro atoms. The van der Waals surface area contributed by atoms with Crippen LogP contribution in [0.5, 0.6) is 0 Å². The molecule has 1 aromatic carbocycles. The minimum Gasteiger partial charge on any atom is -0.0654 e. The first kappa shape index (κ1) is 30.5. The molecule has 0 atom stereocenters. The van der Waals surface area contributed by atoms with E-state index in [2.05, 4.69) is 51.1 Å². The summed E-state index contributed by atoms with van der Waals surface area (Å²) in [6.07, 6.45) is 28.9. The first-order valence-corrected chi connectivity index (χ1v) is 18.0. The van der Waals surface area contributed by atoms with Crippen molar-refractivity contribution in [1.29, 1.82) is 0 Å². The fraction of sp³-hybridized carbons (Fsp3) is 0.812. The molecule has 0 aliphatic carbocycles. The van der Waals surface area contributed by atoms with Crippen molar-refractivity contribution >= 4 is 13.3 Å².